The van der Waals surface area contributed by atoms with Gasteiger partial charge in [-0.25, -0.2) is 0 Å². The molecule has 0 radical (unpaired) electrons. The van der Waals surface area contributed by atoms with Crippen molar-refractivity contribution in [2.24, 2.45) is 5.92 Å². The van der Waals surface area contributed by atoms with Gasteiger partial charge in [0.05, 0.1) is 13.2 Å². The zero-order chi connectivity index (χ0) is 8.81. The van der Waals surface area contributed by atoms with Crippen LogP contribution >= 0.6 is 0 Å². The number of hydrogen-bond acceptors (Lipinski definition) is 3. The van der Waals surface area contributed by atoms with Crippen LogP contribution in [0.4, 0.5) is 0 Å². The Balaban J connectivity index is 2.29. The maximum Gasteiger partial charge on any atom is 0.0588 e. The molecule has 3 nitrogen and oxygen atoms in total. The monoisotopic (exact) mass is 173 g/mol. The highest BCUT2D eigenvalue weighted by atomic mass is 16.5. The van der Waals surface area contributed by atoms with Gasteiger partial charge in [-0.05, 0) is 25.3 Å². The van der Waals surface area contributed by atoms with Crippen molar-refractivity contribution in [3.63, 3.8) is 0 Å². The summed E-state index contributed by atoms with van der Waals surface area (Å²) in [6.07, 6.45) is 2.31. The standard InChI is InChI=1S/C9H19NO2/c1-2-10-9(6-11)8-4-3-5-12-7-8/h8-11H,2-7H2,1H3. The predicted molar refractivity (Wildman–Crippen MR) is 48.1 cm³/mol. The topological polar surface area (TPSA) is 41.5 Å². The summed E-state index contributed by atoms with van der Waals surface area (Å²) in [6.45, 7) is 4.90. The fourth-order valence-corrected chi connectivity index (χ4v) is 1.73. The first-order valence-corrected chi connectivity index (χ1v) is 4.80. The molecule has 1 rings (SSSR count). The van der Waals surface area contributed by atoms with Crippen molar-refractivity contribution >= 4 is 0 Å². The van der Waals surface area contributed by atoms with E-state index in [1.807, 2.05) is 0 Å². The molecular formula is C9H19NO2. The van der Waals surface area contributed by atoms with E-state index >= 15 is 0 Å². The molecule has 0 aromatic heterocycles. The van der Waals surface area contributed by atoms with Gasteiger partial charge in [0.25, 0.3) is 0 Å². The molecule has 1 saturated heterocycles. The van der Waals surface area contributed by atoms with Crippen LogP contribution in [0.5, 0.6) is 0 Å². The third-order valence-electron chi connectivity index (χ3n) is 2.43. The molecule has 2 N–H and O–H groups in total. The molecule has 0 bridgehead atoms. The van der Waals surface area contributed by atoms with Gasteiger partial charge in [0, 0.05) is 12.6 Å². The highest BCUT2D eigenvalue weighted by Crippen LogP contribution is 2.16. The van der Waals surface area contributed by atoms with Crippen molar-refractivity contribution in [2.45, 2.75) is 25.8 Å². The first kappa shape index (κ1) is 9.96. The van der Waals surface area contributed by atoms with E-state index in [9.17, 15) is 0 Å². The van der Waals surface area contributed by atoms with Gasteiger partial charge in [0.15, 0.2) is 0 Å². The lowest BCUT2D eigenvalue weighted by atomic mass is 9.94. The van der Waals surface area contributed by atoms with E-state index in [0.29, 0.717) is 5.92 Å². The van der Waals surface area contributed by atoms with Crippen molar-refractivity contribution in [3.05, 3.63) is 0 Å². The number of rotatable bonds is 4. The molecule has 3 heteroatoms. The number of hydrogen-bond donors (Lipinski definition) is 2. The van der Waals surface area contributed by atoms with E-state index in [2.05, 4.69) is 12.2 Å². The van der Waals surface area contributed by atoms with E-state index in [-0.39, 0.29) is 12.6 Å². The molecule has 0 aliphatic carbocycles. The van der Waals surface area contributed by atoms with Crippen molar-refractivity contribution in [3.8, 4) is 0 Å². The van der Waals surface area contributed by atoms with Crippen molar-refractivity contribution in [1.82, 2.24) is 5.32 Å². The first-order chi connectivity index (χ1) is 5.88. The Morgan fingerprint density at radius 2 is 2.50 bits per heavy atom. The molecule has 2 atom stereocenters. The van der Waals surface area contributed by atoms with Crippen LogP contribution in [-0.4, -0.2) is 37.5 Å². The summed E-state index contributed by atoms with van der Waals surface area (Å²) >= 11 is 0. The Morgan fingerprint density at radius 1 is 1.67 bits per heavy atom. The van der Waals surface area contributed by atoms with Crippen LogP contribution in [0.1, 0.15) is 19.8 Å². The van der Waals surface area contributed by atoms with Gasteiger partial charge in [-0.1, -0.05) is 6.92 Å². The number of aliphatic hydroxyl groups excluding tert-OH is 1. The second-order valence-electron chi connectivity index (χ2n) is 3.32. The van der Waals surface area contributed by atoms with Gasteiger partial charge in [0.1, 0.15) is 0 Å². The number of likely N-dealkylation sites (N-methyl/N-ethyl adjacent to an activating group) is 1. The third kappa shape index (κ3) is 2.73. The maximum atomic E-state index is 9.09. The Morgan fingerprint density at radius 3 is 3.00 bits per heavy atom. The van der Waals surface area contributed by atoms with Crippen LogP contribution in [0, 0.1) is 5.92 Å². The zero-order valence-corrected chi connectivity index (χ0v) is 7.75. The molecule has 1 fully saturated rings. The minimum absolute atomic E-state index is 0.224. The highest BCUT2D eigenvalue weighted by Gasteiger charge is 2.22. The van der Waals surface area contributed by atoms with Gasteiger partial charge in [0.2, 0.25) is 0 Å². The van der Waals surface area contributed by atoms with Gasteiger partial charge >= 0.3 is 0 Å². The van der Waals surface area contributed by atoms with E-state index in [0.717, 1.165) is 26.2 Å². The molecular weight excluding hydrogens is 154 g/mol. The van der Waals surface area contributed by atoms with Crippen molar-refractivity contribution < 1.29 is 9.84 Å². The minimum atomic E-state index is 0.224. The van der Waals surface area contributed by atoms with Crippen LogP contribution < -0.4 is 5.32 Å². The smallest absolute Gasteiger partial charge is 0.0588 e. The van der Waals surface area contributed by atoms with E-state index in [1.165, 1.54) is 6.42 Å². The lowest BCUT2D eigenvalue weighted by Crippen LogP contribution is -2.42. The minimum Gasteiger partial charge on any atom is -0.395 e. The van der Waals surface area contributed by atoms with Crippen LogP contribution in [0.3, 0.4) is 0 Å². The fraction of sp³-hybridized carbons (Fsp3) is 1.00. The van der Waals surface area contributed by atoms with Crippen LogP contribution in [0.2, 0.25) is 0 Å². The summed E-state index contributed by atoms with van der Waals surface area (Å²) in [4.78, 5) is 0. The molecule has 12 heavy (non-hydrogen) atoms. The van der Waals surface area contributed by atoms with Gasteiger partial charge in [-0.2, -0.15) is 0 Å². The Labute approximate surface area is 74.1 Å². The average molecular weight is 173 g/mol. The molecule has 1 heterocycles. The lowest BCUT2D eigenvalue weighted by molar-refractivity contribution is 0.0287. The third-order valence-corrected chi connectivity index (χ3v) is 2.43. The first-order valence-electron chi connectivity index (χ1n) is 4.80. The van der Waals surface area contributed by atoms with Gasteiger partial charge in [-0.15, -0.1) is 0 Å². The predicted octanol–water partition coefficient (Wildman–Crippen LogP) is 0.383. The Hall–Kier alpha value is -0.120. The Kier molecular flexibility index (Phi) is 4.58. The van der Waals surface area contributed by atoms with Gasteiger partial charge in [-0.3, -0.25) is 0 Å². The molecule has 0 spiro atoms. The second-order valence-corrected chi connectivity index (χ2v) is 3.32. The molecule has 0 aromatic carbocycles. The van der Waals surface area contributed by atoms with Crippen LogP contribution in [-0.2, 0) is 4.74 Å². The summed E-state index contributed by atoms with van der Waals surface area (Å²) in [5.41, 5.74) is 0. The lowest BCUT2D eigenvalue weighted by Gasteiger charge is -2.29. The Bertz CT molecular complexity index is 110. The maximum absolute atomic E-state index is 9.09. The number of nitrogens with one attached hydrogen (secondary N) is 1. The van der Waals surface area contributed by atoms with Gasteiger partial charge < -0.3 is 15.2 Å². The fourth-order valence-electron chi connectivity index (χ4n) is 1.73. The van der Waals surface area contributed by atoms with Crippen molar-refractivity contribution in [2.75, 3.05) is 26.4 Å². The normalized spacial score (nSPS) is 27.0. The quantitative estimate of drug-likeness (QED) is 0.646. The largest absolute Gasteiger partial charge is 0.395 e. The summed E-state index contributed by atoms with van der Waals surface area (Å²) in [5, 5.41) is 12.4. The average Bonchev–Trinajstić information content (AvgIpc) is 2.15. The molecule has 0 amide bonds. The van der Waals surface area contributed by atoms with Crippen LogP contribution in [0.25, 0.3) is 0 Å². The summed E-state index contributed by atoms with van der Waals surface area (Å²) in [5.74, 6) is 0.503. The SMILES string of the molecule is CCNC(CO)C1CCCOC1. The summed E-state index contributed by atoms with van der Waals surface area (Å²) in [7, 11) is 0. The second kappa shape index (κ2) is 5.51. The molecule has 72 valence electrons. The van der Waals surface area contributed by atoms with E-state index < -0.39 is 0 Å². The van der Waals surface area contributed by atoms with Crippen LogP contribution in [0.15, 0.2) is 0 Å². The van der Waals surface area contributed by atoms with E-state index in [4.69, 9.17) is 9.84 Å². The molecule has 2 unspecified atom stereocenters. The number of aliphatic hydroxyl groups is 1. The highest BCUT2D eigenvalue weighted by molar-refractivity contribution is 4.77. The molecule has 0 saturated carbocycles. The molecule has 0 aromatic rings. The molecule has 1 aliphatic rings. The van der Waals surface area contributed by atoms with E-state index in [1.54, 1.807) is 0 Å². The number of ether oxygens (including phenoxy) is 1. The van der Waals surface area contributed by atoms with Crippen molar-refractivity contribution in [1.29, 1.82) is 0 Å². The molecule has 1 aliphatic heterocycles. The summed E-state index contributed by atoms with van der Waals surface area (Å²) < 4.78 is 5.36. The summed E-state index contributed by atoms with van der Waals surface area (Å²) in [6, 6.07) is 0.232. The zero-order valence-electron chi connectivity index (χ0n) is 7.75.